The first-order valence-corrected chi connectivity index (χ1v) is 10.5. The highest BCUT2D eigenvalue weighted by atomic mass is 79.9. The van der Waals surface area contributed by atoms with E-state index in [1.54, 1.807) is 0 Å². The Labute approximate surface area is 177 Å². The zero-order valence-corrected chi connectivity index (χ0v) is 18.8. The first-order chi connectivity index (χ1) is 12.0. The molecular formula is C17H20Br2ClF3O4. The average molecular weight is 541 g/mol. The Hall–Kier alpha value is 0.170. The fraction of sp³-hybridized carbons (Fsp3) is 0.824. The average Bonchev–Trinajstić information content (AvgIpc) is 2.63. The topological polar surface area (TPSA) is 55.8 Å². The van der Waals surface area contributed by atoms with E-state index in [-0.39, 0.29) is 10.4 Å². The Morgan fingerprint density at radius 2 is 1.93 bits per heavy atom. The van der Waals surface area contributed by atoms with Crippen molar-refractivity contribution in [3.05, 3.63) is 12.2 Å². The predicted molar refractivity (Wildman–Crippen MR) is 100 cm³/mol. The highest BCUT2D eigenvalue weighted by Crippen LogP contribution is 2.74. The predicted octanol–water partition coefficient (Wildman–Crippen LogP) is 4.45. The van der Waals surface area contributed by atoms with Gasteiger partial charge in [0.05, 0.1) is 11.0 Å². The Balaban J connectivity index is 2.09. The molecule has 1 saturated heterocycles. The Morgan fingerprint density at radius 3 is 2.44 bits per heavy atom. The van der Waals surface area contributed by atoms with Crippen molar-refractivity contribution in [1.29, 1.82) is 0 Å². The number of halogens is 6. The van der Waals surface area contributed by atoms with Gasteiger partial charge >= 0.3 is 12.1 Å². The number of aliphatic hydroxyl groups is 1. The van der Waals surface area contributed by atoms with Crippen LogP contribution in [-0.4, -0.2) is 49.8 Å². The van der Waals surface area contributed by atoms with Gasteiger partial charge < -0.3 is 14.6 Å². The summed E-state index contributed by atoms with van der Waals surface area (Å²) in [5.41, 5.74) is -1.40. The molecule has 3 fully saturated rings. The van der Waals surface area contributed by atoms with Crippen molar-refractivity contribution in [3.8, 4) is 0 Å². The van der Waals surface area contributed by atoms with Gasteiger partial charge in [0, 0.05) is 15.7 Å². The van der Waals surface area contributed by atoms with E-state index in [1.807, 2.05) is 20.8 Å². The van der Waals surface area contributed by atoms with Crippen molar-refractivity contribution in [1.82, 2.24) is 0 Å². The lowest BCUT2D eigenvalue weighted by Crippen LogP contribution is -2.65. The lowest BCUT2D eigenvalue weighted by Gasteiger charge is -2.58. The van der Waals surface area contributed by atoms with Crippen LogP contribution >= 0.6 is 43.5 Å². The van der Waals surface area contributed by atoms with Gasteiger partial charge in [0.15, 0.2) is 10.6 Å². The lowest BCUT2D eigenvalue weighted by atomic mass is 9.48. The molecule has 7 atom stereocenters. The summed E-state index contributed by atoms with van der Waals surface area (Å²) in [6.45, 7) is 9.53. The SMILES string of the molecule is C=C1[C@@H](OC(=O)C(F)(F)F)[C@H](O)[C@@]2(Br)O[C@@H]3C[C@@](C)(Cl)[C@H](Br)C[C@@]13C2(C)C. The van der Waals surface area contributed by atoms with E-state index in [4.69, 9.17) is 16.3 Å². The maximum absolute atomic E-state index is 12.8. The smallest absolute Gasteiger partial charge is 0.448 e. The van der Waals surface area contributed by atoms with Gasteiger partial charge in [-0.15, -0.1) is 11.6 Å². The first kappa shape index (κ1) is 21.9. The minimum atomic E-state index is -5.18. The van der Waals surface area contributed by atoms with Crippen LogP contribution < -0.4 is 0 Å². The highest BCUT2D eigenvalue weighted by molar-refractivity contribution is 9.10. The second kappa shape index (κ2) is 6.09. The van der Waals surface area contributed by atoms with Crippen LogP contribution in [0.15, 0.2) is 12.2 Å². The fourth-order valence-corrected chi connectivity index (χ4v) is 6.62. The molecule has 2 aliphatic carbocycles. The van der Waals surface area contributed by atoms with Crippen molar-refractivity contribution < 1.29 is 32.5 Å². The molecule has 0 amide bonds. The van der Waals surface area contributed by atoms with E-state index in [1.165, 1.54) is 0 Å². The van der Waals surface area contributed by atoms with Crippen molar-refractivity contribution >= 4 is 49.4 Å². The molecule has 0 radical (unpaired) electrons. The summed E-state index contributed by atoms with van der Waals surface area (Å²) >= 11 is 13.6. The second-order valence-electron chi connectivity index (χ2n) is 8.30. The summed E-state index contributed by atoms with van der Waals surface area (Å²) in [7, 11) is 0. The fourth-order valence-electron chi connectivity index (χ4n) is 4.89. The lowest BCUT2D eigenvalue weighted by molar-refractivity contribution is -0.215. The quantitative estimate of drug-likeness (QED) is 0.304. The van der Waals surface area contributed by atoms with Gasteiger partial charge in [-0.3, -0.25) is 0 Å². The molecule has 2 saturated carbocycles. The number of fused-ring (bicyclic) bond motifs is 1. The Bertz CT molecular complexity index is 698. The third-order valence-electron chi connectivity index (χ3n) is 6.62. The summed E-state index contributed by atoms with van der Waals surface area (Å²) in [4.78, 5) is 10.6. The van der Waals surface area contributed by atoms with Crippen molar-refractivity contribution in [2.24, 2.45) is 10.8 Å². The molecule has 0 aromatic rings. The van der Waals surface area contributed by atoms with Crippen LogP contribution in [0.2, 0.25) is 0 Å². The van der Waals surface area contributed by atoms with E-state index >= 15 is 0 Å². The molecule has 4 nitrogen and oxygen atoms in total. The Kier molecular flexibility index (Phi) is 4.93. The highest BCUT2D eigenvalue weighted by Gasteiger charge is 2.78. The number of rotatable bonds is 1. The van der Waals surface area contributed by atoms with Crippen molar-refractivity contribution in [2.45, 2.75) is 72.3 Å². The monoisotopic (exact) mass is 538 g/mol. The van der Waals surface area contributed by atoms with Gasteiger partial charge in [0.2, 0.25) is 0 Å². The van der Waals surface area contributed by atoms with E-state index in [0.29, 0.717) is 12.8 Å². The number of esters is 1. The molecule has 2 bridgehead atoms. The molecule has 1 N–H and O–H groups in total. The van der Waals surface area contributed by atoms with Gasteiger partial charge in [-0.25, -0.2) is 4.79 Å². The van der Waals surface area contributed by atoms with E-state index in [9.17, 15) is 23.1 Å². The number of carbonyl (C=O) groups is 1. The zero-order chi connectivity index (χ0) is 20.8. The number of aliphatic hydroxyl groups excluding tert-OH is 1. The van der Waals surface area contributed by atoms with E-state index in [0.717, 1.165) is 0 Å². The molecule has 3 rings (SSSR count). The van der Waals surface area contributed by atoms with Gasteiger partial charge in [-0.2, -0.15) is 13.2 Å². The third-order valence-corrected chi connectivity index (χ3v) is 10.3. The van der Waals surface area contributed by atoms with Crippen molar-refractivity contribution in [2.75, 3.05) is 0 Å². The molecule has 10 heteroatoms. The standard InChI is InChI=1S/C17H20Br2ClF3O4/c1-7-10(26-12(25)17(21,22)23)11(24)16(19)13(2,3)15(7)5-8(18)14(4,20)6-9(15)27-16/h8-11,24H,1,5-6H2,2-4H3/t8-,9-,10-,11+,14-,15-,16-/m1/s1. The van der Waals surface area contributed by atoms with Crippen LogP contribution in [0.5, 0.6) is 0 Å². The summed E-state index contributed by atoms with van der Waals surface area (Å²) in [5, 5.41) is 10.9. The third kappa shape index (κ3) is 2.71. The molecule has 0 unspecified atom stereocenters. The minimum Gasteiger partial charge on any atom is -0.448 e. The van der Waals surface area contributed by atoms with Crippen LogP contribution in [-0.2, 0) is 14.3 Å². The first-order valence-electron chi connectivity index (χ1n) is 8.37. The molecule has 1 aliphatic heterocycles. The number of ether oxygens (including phenoxy) is 2. The second-order valence-corrected chi connectivity index (χ2v) is 11.4. The van der Waals surface area contributed by atoms with Crippen LogP contribution in [0.25, 0.3) is 0 Å². The molecule has 27 heavy (non-hydrogen) atoms. The maximum Gasteiger partial charge on any atom is 0.490 e. The summed E-state index contributed by atoms with van der Waals surface area (Å²) < 4.78 is 47.7. The molecular weight excluding hydrogens is 520 g/mol. The van der Waals surface area contributed by atoms with Crippen molar-refractivity contribution in [3.63, 3.8) is 0 Å². The van der Waals surface area contributed by atoms with E-state index in [2.05, 4.69) is 43.2 Å². The van der Waals surface area contributed by atoms with Crippen LogP contribution in [0.3, 0.4) is 0 Å². The molecule has 0 aromatic heterocycles. The Morgan fingerprint density at radius 1 is 1.37 bits per heavy atom. The molecule has 1 spiro atoms. The number of hydrogen-bond acceptors (Lipinski definition) is 4. The zero-order valence-electron chi connectivity index (χ0n) is 14.9. The largest absolute Gasteiger partial charge is 0.490 e. The van der Waals surface area contributed by atoms with Gasteiger partial charge in [-0.1, -0.05) is 52.3 Å². The van der Waals surface area contributed by atoms with Crippen LogP contribution in [0, 0.1) is 10.8 Å². The maximum atomic E-state index is 12.8. The van der Waals surface area contributed by atoms with Gasteiger partial charge in [-0.05, 0) is 25.3 Å². The van der Waals surface area contributed by atoms with E-state index < -0.39 is 50.7 Å². The van der Waals surface area contributed by atoms with Crippen LogP contribution in [0.4, 0.5) is 13.2 Å². The molecule has 1 heterocycles. The summed E-state index contributed by atoms with van der Waals surface area (Å²) in [5.74, 6) is -2.37. The summed E-state index contributed by atoms with van der Waals surface area (Å²) in [6.07, 6.45) is -8.03. The number of hydrogen-bond donors (Lipinski definition) is 1. The molecule has 0 aromatic carbocycles. The van der Waals surface area contributed by atoms with Gasteiger partial charge in [0.25, 0.3) is 0 Å². The minimum absolute atomic E-state index is 0.188. The van der Waals surface area contributed by atoms with Gasteiger partial charge in [0.1, 0.15) is 6.10 Å². The number of alkyl halides is 6. The molecule has 3 aliphatic rings. The molecule has 154 valence electrons. The van der Waals surface area contributed by atoms with Crippen LogP contribution in [0.1, 0.15) is 33.6 Å². The normalized spacial score (nSPS) is 48.9. The summed E-state index contributed by atoms with van der Waals surface area (Å²) in [6, 6.07) is 0. The number of carbonyl (C=O) groups excluding carboxylic acids is 1.